The molecule has 0 rings (SSSR count). The van der Waals surface area contributed by atoms with Crippen LogP contribution in [0.15, 0.2) is 0 Å². The second kappa shape index (κ2) is 10.2. The summed E-state index contributed by atoms with van der Waals surface area (Å²) in [6, 6.07) is -0.407. The average molecular weight is 273 g/mol. The zero-order valence-corrected chi connectivity index (χ0v) is 11.6. The van der Waals surface area contributed by atoms with Gasteiger partial charge in [-0.3, -0.25) is 9.59 Å². The first-order valence-corrected chi connectivity index (χ1v) is 6.52. The summed E-state index contributed by atoms with van der Waals surface area (Å²) >= 11 is 0. The molecule has 0 radical (unpaired) electrons. The van der Waals surface area contributed by atoms with Gasteiger partial charge in [0.15, 0.2) is 0 Å². The minimum absolute atomic E-state index is 0.0252. The number of unbranched alkanes of at least 4 members (excludes halogenated alkanes) is 1. The smallest absolute Gasteiger partial charge is 0.315 e. The Morgan fingerprint density at radius 1 is 1.05 bits per heavy atom. The third-order valence-corrected chi connectivity index (χ3v) is 2.62. The van der Waals surface area contributed by atoms with E-state index >= 15 is 0 Å². The number of rotatable bonds is 9. The lowest BCUT2D eigenvalue weighted by molar-refractivity contribution is -0.137. The Bertz CT molecular complexity index is 303. The summed E-state index contributed by atoms with van der Waals surface area (Å²) in [4.78, 5) is 34.8. The zero-order chi connectivity index (χ0) is 14.7. The normalized spacial score (nSPS) is 9.79. The van der Waals surface area contributed by atoms with Gasteiger partial charge < -0.3 is 20.6 Å². The molecule has 110 valence electrons. The van der Waals surface area contributed by atoms with Crippen molar-refractivity contribution in [1.29, 1.82) is 0 Å². The lowest BCUT2D eigenvalue weighted by atomic mass is 10.2. The molecule has 3 N–H and O–H groups in total. The second-order valence-electron chi connectivity index (χ2n) is 4.03. The summed E-state index contributed by atoms with van der Waals surface area (Å²) in [5.74, 6) is -0.958. The van der Waals surface area contributed by atoms with E-state index in [1.165, 1.54) is 0 Å². The monoisotopic (exact) mass is 273 g/mol. The molecule has 0 aliphatic rings. The SMILES string of the molecule is CCN(CC)C(=O)CNC(=O)NCCCCC(=O)O. The van der Waals surface area contributed by atoms with Gasteiger partial charge in [-0.2, -0.15) is 0 Å². The molecule has 0 spiro atoms. The van der Waals surface area contributed by atoms with Crippen molar-refractivity contribution in [2.45, 2.75) is 33.1 Å². The third-order valence-electron chi connectivity index (χ3n) is 2.62. The number of urea groups is 1. The maximum absolute atomic E-state index is 11.6. The highest BCUT2D eigenvalue weighted by molar-refractivity contribution is 5.83. The Labute approximate surface area is 113 Å². The van der Waals surface area contributed by atoms with Crippen LogP contribution in [0.1, 0.15) is 33.1 Å². The van der Waals surface area contributed by atoms with Gasteiger partial charge in [0.2, 0.25) is 5.91 Å². The van der Waals surface area contributed by atoms with Crippen LogP contribution < -0.4 is 10.6 Å². The van der Waals surface area contributed by atoms with Crippen LogP contribution in [0.4, 0.5) is 4.79 Å². The summed E-state index contributed by atoms with van der Waals surface area (Å²) in [5, 5.41) is 13.5. The van der Waals surface area contributed by atoms with E-state index in [4.69, 9.17) is 5.11 Å². The van der Waals surface area contributed by atoms with E-state index in [-0.39, 0.29) is 18.9 Å². The number of hydrogen-bond acceptors (Lipinski definition) is 3. The van der Waals surface area contributed by atoms with Crippen LogP contribution in [0.25, 0.3) is 0 Å². The fourth-order valence-electron chi connectivity index (χ4n) is 1.51. The van der Waals surface area contributed by atoms with Gasteiger partial charge in [-0.1, -0.05) is 0 Å². The van der Waals surface area contributed by atoms with E-state index in [1.807, 2.05) is 13.8 Å². The van der Waals surface area contributed by atoms with Crippen molar-refractivity contribution in [3.8, 4) is 0 Å². The van der Waals surface area contributed by atoms with E-state index < -0.39 is 12.0 Å². The number of carbonyl (C=O) groups is 3. The number of hydrogen-bond donors (Lipinski definition) is 3. The van der Waals surface area contributed by atoms with Gasteiger partial charge in [-0.25, -0.2) is 4.79 Å². The molecule has 19 heavy (non-hydrogen) atoms. The van der Waals surface area contributed by atoms with Gasteiger partial charge in [0.05, 0.1) is 6.54 Å². The van der Waals surface area contributed by atoms with Crippen molar-refractivity contribution in [3.63, 3.8) is 0 Å². The van der Waals surface area contributed by atoms with Crippen molar-refractivity contribution in [2.75, 3.05) is 26.2 Å². The minimum Gasteiger partial charge on any atom is -0.481 e. The first-order valence-electron chi connectivity index (χ1n) is 6.52. The Morgan fingerprint density at radius 2 is 1.68 bits per heavy atom. The van der Waals surface area contributed by atoms with Crippen molar-refractivity contribution in [2.24, 2.45) is 0 Å². The van der Waals surface area contributed by atoms with Crippen LogP contribution in [0, 0.1) is 0 Å². The number of carboxylic acid groups (broad SMARTS) is 1. The van der Waals surface area contributed by atoms with Crippen molar-refractivity contribution in [1.82, 2.24) is 15.5 Å². The fraction of sp³-hybridized carbons (Fsp3) is 0.750. The standard InChI is InChI=1S/C12H23N3O4/c1-3-15(4-2)10(16)9-14-12(19)13-8-6-5-7-11(17)18/h3-9H2,1-2H3,(H,17,18)(H2,13,14,19). The molecule has 0 aliphatic carbocycles. The predicted octanol–water partition coefficient (Wildman–Crippen LogP) is 0.409. The van der Waals surface area contributed by atoms with Gasteiger partial charge in [0.1, 0.15) is 0 Å². The van der Waals surface area contributed by atoms with Gasteiger partial charge in [-0.15, -0.1) is 0 Å². The van der Waals surface area contributed by atoms with Crippen molar-refractivity contribution >= 4 is 17.9 Å². The van der Waals surface area contributed by atoms with Crippen molar-refractivity contribution in [3.05, 3.63) is 0 Å². The Balaban J connectivity index is 3.64. The highest BCUT2D eigenvalue weighted by Gasteiger charge is 2.10. The lowest BCUT2D eigenvalue weighted by Gasteiger charge is -2.18. The third kappa shape index (κ3) is 8.87. The molecule has 0 fully saturated rings. The summed E-state index contributed by atoms with van der Waals surface area (Å²) in [5.41, 5.74) is 0. The molecule has 7 heteroatoms. The molecule has 7 nitrogen and oxygen atoms in total. The maximum atomic E-state index is 11.6. The van der Waals surface area contributed by atoms with E-state index in [0.717, 1.165) is 0 Å². The number of carbonyl (C=O) groups excluding carboxylic acids is 2. The Morgan fingerprint density at radius 3 is 2.21 bits per heavy atom. The number of likely N-dealkylation sites (N-methyl/N-ethyl adjacent to an activating group) is 1. The molecular formula is C12H23N3O4. The zero-order valence-electron chi connectivity index (χ0n) is 11.6. The average Bonchev–Trinajstić information content (AvgIpc) is 2.37. The number of nitrogens with one attached hydrogen (secondary N) is 2. The van der Waals surface area contributed by atoms with Crippen molar-refractivity contribution < 1.29 is 19.5 Å². The van der Waals surface area contributed by atoms with Crippen LogP contribution in [0.3, 0.4) is 0 Å². The molecule has 0 atom stereocenters. The first kappa shape index (κ1) is 17.2. The van der Waals surface area contributed by atoms with Crippen LogP contribution >= 0.6 is 0 Å². The van der Waals surface area contributed by atoms with E-state index in [1.54, 1.807) is 4.90 Å². The highest BCUT2D eigenvalue weighted by atomic mass is 16.4. The molecule has 0 saturated carbocycles. The van der Waals surface area contributed by atoms with Crippen LogP contribution in [0.2, 0.25) is 0 Å². The predicted molar refractivity (Wildman–Crippen MR) is 70.8 cm³/mol. The molecule has 0 aromatic heterocycles. The van der Waals surface area contributed by atoms with Crippen LogP contribution in [-0.4, -0.2) is 54.1 Å². The highest BCUT2D eigenvalue weighted by Crippen LogP contribution is 1.93. The largest absolute Gasteiger partial charge is 0.481 e. The van der Waals surface area contributed by atoms with E-state index in [0.29, 0.717) is 32.5 Å². The molecule has 3 amide bonds. The number of amides is 3. The lowest BCUT2D eigenvalue weighted by Crippen LogP contribution is -2.43. The molecule has 0 saturated heterocycles. The summed E-state index contributed by atoms with van der Waals surface area (Å²) < 4.78 is 0. The van der Waals surface area contributed by atoms with Gasteiger partial charge in [0.25, 0.3) is 0 Å². The Hall–Kier alpha value is -1.79. The quantitative estimate of drug-likeness (QED) is 0.530. The minimum atomic E-state index is -0.839. The van der Waals surface area contributed by atoms with Crippen LogP contribution in [-0.2, 0) is 9.59 Å². The molecule has 0 unspecified atom stereocenters. The molecule has 0 aliphatic heterocycles. The van der Waals surface area contributed by atoms with Gasteiger partial charge in [-0.05, 0) is 26.7 Å². The molecule has 0 heterocycles. The van der Waals surface area contributed by atoms with Gasteiger partial charge >= 0.3 is 12.0 Å². The Kier molecular flexibility index (Phi) is 9.20. The summed E-state index contributed by atoms with van der Waals surface area (Å²) in [7, 11) is 0. The molecular weight excluding hydrogens is 250 g/mol. The molecule has 0 aromatic rings. The topological polar surface area (TPSA) is 98.7 Å². The molecule has 0 bridgehead atoms. The molecule has 0 aromatic carbocycles. The maximum Gasteiger partial charge on any atom is 0.315 e. The summed E-state index contributed by atoms with van der Waals surface area (Å²) in [6.45, 7) is 5.37. The van der Waals surface area contributed by atoms with E-state index in [9.17, 15) is 14.4 Å². The van der Waals surface area contributed by atoms with E-state index in [2.05, 4.69) is 10.6 Å². The number of aliphatic carboxylic acids is 1. The second-order valence-corrected chi connectivity index (χ2v) is 4.03. The van der Waals surface area contributed by atoms with Gasteiger partial charge in [0, 0.05) is 26.1 Å². The summed E-state index contributed by atoms with van der Waals surface area (Å²) in [6.07, 6.45) is 1.22. The first-order chi connectivity index (χ1) is 9.01. The van der Waals surface area contributed by atoms with Crippen LogP contribution in [0.5, 0.6) is 0 Å². The fourth-order valence-corrected chi connectivity index (χ4v) is 1.51. The number of nitrogens with zero attached hydrogens (tertiary/aromatic N) is 1. The number of carboxylic acids is 1.